The normalized spacial score (nSPS) is 10.7. The first-order valence-electron chi connectivity index (χ1n) is 5.62. The molecule has 3 rings (SSSR count). The largest absolute Gasteiger partial charge is 0.382 e. The van der Waals surface area contributed by atoms with Crippen LogP contribution in [-0.2, 0) is 0 Å². The van der Waals surface area contributed by atoms with Crippen LogP contribution in [0.2, 0.25) is 0 Å². The maximum absolute atomic E-state index is 5.89. The van der Waals surface area contributed by atoms with Gasteiger partial charge in [-0.15, -0.1) is 0 Å². The van der Waals surface area contributed by atoms with Crippen LogP contribution in [0, 0.1) is 0 Å². The van der Waals surface area contributed by atoms with Crippen molar-refractivity contribution in [2.24, 2.45) is 0 Å². The molecule has 1 aromatic heterocycles. The molecule has 0 aliphatic carbocycles. The van der Waals surface area contributed by atoms with E-state index in [0.717, 1.165) is 16.3 Å². The summed E-state index contributed by atoms with van der Waals surface area (Å²) in [6, 6.07) is 14.1. The third-order valence-corrected chi connectivity index (χ3v) is 2.86. The van der Waals surface area contributed by atoms with Gasteiger partial charge in [-0.2, -0.15) is 0 Å². The zero-order chi connectivity index (χ0) is 12.5. The molecule has 0 saturated carbocycles. The first-order chi connectivity index (χ1) is 8.75. The Morgan fingerprint density at radius 1 is 0.889 bits per heavy atom. The van der Waals surface area contributed by atoms with E-state index in [2.05, 4.69) is 22.1 Å². The van der Waals surface area contributed by atoms with Crippen LogP contribution in [0.3, 0.4) is 0 Å². The monoisotopic (exact) mass is 236 g/mol. The van der Waals surface area contributed by atoms with E-state index in [4.69, 9.17) is 11.5 Å². The summed E-state index contributed by atoms with van der Waals surface area (Å²) in [5.74, 6) is 0.683. The topological polar surface area (TPSA) is 77.8 Å². The molecule has 1 heterocycles. The lowest BCUT2D eigenvalue weighted by Gasteiger charge is -2.08. The van der Waals surface area contributed by atoms with Crippen molar-refractivity contribution in [2.45, 2.75) is 0 Å². The fourth-order valence-electron chi connectivity index (χ4n) is 2.06. The molecule has 4 N–H and O–H groups in total. The average molecular weight is 236 g/mol. The molecule has 3 aromatic rings. The van der Waals surface area contributed by atoms with Gasteiger partial charge in [0.1, 0.15) is 11.5 Å². The predicted molar refractivity (Wildman–Crippen MR) is 73.8 cm³/mol. The summed E-state index contributed by atoms with van der Waals surface area (Å²) in [5, 5.41) is 2.25. The fraction of sp³-hybridized carbons (Fsp3) is 0. The lowest BCUT2D eigenvalue weighted by Crippen LogP contribution is -2.01. The summed E-state index contributed by atoms with van der Waals surface area (Å²) in [4.78, 5) is 8.34. The highest BCUT2D eigenvalue weighted by Crippen LogP contribution is 2.29. The van der Waals surface area contributed by atoms with Crippen molar-refractivity contribution in [1.29, 1.82) is 0 Å². The molecule has 0 spiro atoms. The maximum Gasteiger partial charge on any atom is 0.152 e. The number of anilines is 2. The van der Waals surface area contributed by atoms with Gasteiger partial charge in [-0.3, -0.25) is 0 Å². The molecule has 0 radical (unpaired) electrons. The number of rotatable bonds is 1. The van der Waals surface area contributed by atoms with Crippen molar-refractivity contribution in [3.05, 3.63) is 48.7 Å². The predicted octanol–water partition coefficient (Wildman–Crippen LogP) is 2.46. The Balaban J connectivity index is 2.31. The molecule has 0 aliphatic heterocycles. The standard InChI is InChI=1S/C14H12N4/c15-12-8-17-13(14(16)18-12)11-7-3-5-9-4-1-2-6-10(9)11/h1-8H,(H4,15,16,18). The van der Waals surface area contributed by atoms with E-state index in [-0.39, 0.29) is 0 Å². The van der Waals surface area contributed by atoms with Crippen LogP contribution in [-0.4, -0.2) is 9.97 Å². The van der Waals surface area contributed by atoms with Crippen LogP contribution >= 0.6 is 0 Å². The Bertz CT molecular complexity index is 717. The second-order valence-corrected chi connectivity index (χ2v) is 4.06. The van der Waals surface area contributed by atoms with Crippen LogP contribution in [0.1, 0.15) is 0 Å². The van der Waals surface area contributed by atoms with Crippen LogP contribution in [0.5, 0.6) is 0 Å². The van der Waals surface area contributed by atoms with Gasteiger partial charge < -0.3 is 11.5 Å². The summed E-state index contributed by atoms with van der Waals surface area (Å²) in [7, 11) is 0. The number of fused-ring (bicyclic) bond motifs is 1. The Labute approximate surface area is 104 Å². The SMILES string of the molecule is Nc1cnc(-c2cccc3ccccc23)c(N)n1. The molecule has 0 unspecified atom stereocenters. The van der Waals surface area contributed by atoms with Gasteiger partial charge in [-0.1, -0.05) is 42.5 Å². The Morgan fingerprint density at radius 2 is 1.67 bits per heavy atom. The van der Waals surface area contributed by atoms with Crippen LogP contribution < -0.4 is 11.5 Å². The summed E-state index contributed by atoms with van der Waals surface area (Å²) in [6.07, 6.45) is 1.52. The van der Waals surface area contributed by atoms with E-state index in [9.17, 15) is 0 Å². The molecule has 0 amide bonds. The van der Waals surface area contributed by atoms with Crippen molar-refractivity contribution in [3.63, 3.8) is 0 Å². The molecule has 4 heteroatoms. The number of benzene rings is 2. The zero-order valence-electron chi connectivity index (χ0n) is 9.67. The lowest BCUT2D eigenvalue weighted by molar-refractivity contribution is 1.23. The molecular weight excluding hydrogens is 224 g/mol. The smallest absolute Gasteiger partial charge is 0.152 e. The highest BCUT2D eigenvalue weighted by atomic mass is 15.0. The van der Waals surface area contributed by atoms with Gasteiger partial charge in [0.25, 0.3) is 0 Å². The number of hydrogen-bond acceptors (Lipinski definition) is 4. The van der Waals surface area contributed by atoms with E-state index < -0.39 is 0 Å². The summed E-state index contributed by atoms with van der Waals surface area (Å²) >= 11 is 0. The Morgan fingerprint density at radius 3 is 2.50 bits per heavy atom. The highest BCUT2D eigenvalue weighted by Gasteiger charge is 2.09. The third kappa shape index (κ3) is 1.64. The van der Waals surface area contributed by atoms with Gasteiger partial charge >= 0.3 is 0 Å². The van der Waals surface area contributed by atoms with E-state index in [1.807, 2.05) is 30.3 Å². The van der Waals surface area contributed by atoms with Crippen molar-refractivity contribution in [3.8, 4) is 11.3 Å². The third-order valence-electron chi connectivity index (χ3n) is 2.86. The molecule has 0 bridgehead atoms. The second kappa shape index (κ2) is 4.00. The van der Waals surface area contributed by atoms with Gasteiger partial charge in [0.2, 0.25) is 0 Å². The van der Waals surface area contributed by atoms with E-state index in [0.29, 0.717) is 17.3 Å². The minimum absolute atomic E-state index is 0.330. The van der Waals surface area contributed by atoms with Gasteiger partial charge in [0.05, 0.1) is 6.20 Å². The van der Waals surface area contributed by atoms with Crippen molar-refractivity contribution in [1.82, 2.24) is 9.97 Å². The molecule has 0 atom stereocenters. The zero-order valence-corrected chi connectivity index (χ0v) is 9.67. The van der Waals surface area contributed by atoms with Crippen molar-refractivity contribution < 1.29 is 0 Å². The first-order valence-corrected chi connectivity index (χ1v) is 5.62. The number of nitrogen functional groups attached to an aromatic ring is 2. The summed E-state index contributed by atoms with van der Waals surface area (Å²) in [5.41, 5.74) is 13.1. The van der Waals surface area contributed by atoms with Crippen LogP contribution in [0.15, 0.2) is 48.7 Å². The number of aromatic nitrogens is 2. The van der Waals surface area contributed by atoms with E-state index in [1.54, 1.807) is 0 Å². The van der Waals surface area contributed by atoms with E-state index in [1.165, 1.54) is 6.20 Å². The highest BCUT2D eigenvalue weighted by molar-refractivity contribution is 5.97. The van der Waals surface area contributed by atoms with Gasteiger partial charge in [0.15, 0.2) is 5.82 Å². The summed E-state index contributed by atoms with van der Waals surface area (Å²) < 4.78 is 0. The maximum atomic E-state index is 5.89. The van der Waals surface area contributed by atoms with Gasteiger partial charge in [0, 0.05) is 5.56 Å². The molecule has 4 nitrogen and oxygen atoms in total. The molecule has 0 saturated heterocycles. The lowest BCUT2D eigenvalue weighted by atomic mass is 10.0. The molecule has 0 fully saturated rings. The quantitative estimate of drug-likeness (QED) is 0.680. The van der Waals surface area contributed by atoms with E-state index >= 15 is 0 Å². The molecule has 18 heavy (non-hydrogen) atoms. The Kier molecular flexibility index (Phi) is 2.34. The molecule has 88 valence electrons. The minimum Gasteiger partial charge on any atom is -0.382 e. The first kappa shape index (κ1) is 10.5. The number of hydrogen-bond donors (Lipinski definition) is 2. The van der Waals surface area contributed by atoms with Crippen LogP contribution in [0.4, 0.5) is 11.6 Å². The number of nitrogens with two attached hydrogens (primary N) is 2. The minimum atomic E-state index is 0.330. The van der Waals surface area contributed by atoms with Crippen molar-refractivity contribution >= 4 is 22.4 Å². The van der Waals surface area contributed by atoms with Crippen LogP contribution in [0.25, 0.3) is 22.0 Å². The van der Waals surface area contributed by atoms with Crippen molar-refractivity contribution in [2.75, 3.05) is 11.5 Å². The molecule has 2 aromatic carbocycles. The number of nitrogens with zero attached hydrogens (tertiary/aromatic N) is 2. The fourth-order valence-corrected chi connectivity index (χ4v) is 2.06. The second-order valence-electron chi connectivity index (χ2n) is 4.06. The van der Waals surface area contributed by atoms with Gasteiger partial charge in [-0.25, -0.2) is 9.97 Å². The average Bonchev–Trinajstić information content (AvgIpc) is 2.38. The molecule has 0 aliphatic rings. The molecular formula is C14H12N4. The Hall–Kier alpha value is -2.62. The summed E-state index contributed by atoms with van der Waals surface area (Å²) in [6.45, 7) is 0. The van der Waals surface area contributed by atoms with Gasteiger partial charge in [-0.05, 0) is 10.8 Å².